The van der Waals surface area contributed by atoms with E-state index >= 15 is 0 Å². The van der Waals surface area contributed by atoms with Crippen LogP contribution in [0, 0.1) is 6.92 Å². The number of hydrogen-bond acceptors (Lipinski definition) is 3. The fourth-order valence-corrected chi connectivity index (χ4v) is 2.17. The number of aromatic nitrogens is 2. The van der Waals surface area contributed by atoms with Crippen LogP contribution in [0.1, 0.15) is 24.1 Å². The Bertz CT molecular complexity index is 505. The second kappa shape index (κ2) is 5.59. The monoisotopic (exact) mass is 267 g/mol. The summed E-state index contributed by atoms with van der Waals surface area (Å²) in [5.74, 6) is 0.988. The minimum atomic E-state index is 0.322. The number of nitrogens with one attached hydrogen (secondary N) is 1. The highest BCUT2D eigenvalue weighted by molar-refractivity contribution is 6.31. The summed E-state index contributed by atoms with van der Waals surface area (Å²) < 4.78 is 7.15. The summed E-state index contributed by atoms with van der Waals surface area (Å²) in [6.07, 6.45) is 2.56. The van der Waals surface area contributed by atoms with Crippen LogP contribution in [-0.4, -0.2) is 15.8 Å². The Balaban J connectivity index is 1.91. The van der Waals surface area contributed by atoms with Gasteiger partial charge in [-0.15, -0.1) is 0 Å². The van der Waals surface area contributed by atoms with Gasteiger partial charge in [0.25, 0.3) is 0 Å². The van der Waals surface area contributed by atoms with E-state index in [2.05, 4.69) is 17.3 Å². The zero-order valence-electron chi connectivity index (χ0n) is 10.9. The van der Waals surface area contributed by atoms with Crippen molar-refractivity contribution >= 4 is 11.6 Å². The summed E-state index contributed by atoms with van der Waals surface area (Å²) >= 11 is 6.20. The Morgan fingerprint density at radius 3 is 2.89 bits per heavy atom. The Morgan fingerprint density at radius 2 is 2.33 bits per heavy atom. The van der Waals surface area contributed by atoms with Gasteiger partial charge in [0.2, 0.25) is 0 Å². The topological polar surface area (TPSA) is 43.0 Å². The van der Waals surface area contributed by atoms with Crippen molar-refractivity contribution in [2.45, 2.75) is 32.9 Å². The van der Waals surface area contributed by atoms with Crippen molar-refractivity contribution in [3.8, 4) is 0 Å². The molecule has 0 saturated carbocycles. The van der Waals surface area contributed by atoms with Crippen molar-refractivity contribution in [3.05, 3.63) is 40.6 Å². The molecule has 2 rings (SSSR count). The zero-order valence-corrected chi connectivity index (χ0v) is 11.7. The number of aryl methyl sites for hydroxylation is 2. The second-order valence-corrected chi connectivity index (χ2v) is 4.91. The highest BCUT2D eigenvalue weighted by Crippen LogP contribution is 2.19. The lowest BCUT2D eigenvalue weighted by atomic mass is 10.2. The smallest absolute Gasteiger partial charge is 0.105 e. The first kappa shape index (κ1) is 13.2. The summed E-state index contributed by atoms with van der Waals surface area (Å²) in [6, 6.07) is 4.21. The second-order valence-electron chi connectivity index (χ2n) is 4.54. The molecular formula is C13H18ClN3O. The number of furan rings is 1. The lowest BCUT2D eigenvalue weighted by molar-refractivity contribution is 0.452. The van der Waals surface area contributed by atoms with E-state index in [1.165, 1.54) is 0 Å². The van der Waals surface area contributed by atoms with Crippen molar-refractivity contribution < 1.29 is 4.42 Å². The summed E-state index contributed by atoms with van der Waals surface area (Å²) in [5, 5.41) is 8.46. The highest BCUT2D eigenvalue weighted by Gasteiger charge is 2.12. The highest BCUT2D eigenvalue weighted by atomic mass is 35.5. The van der Waals surface area contributed by atoms with Gasteiger partial charge in [0, 0.05) is 26.1 Å². The first-order valence-electron chi connectivity index (χ1n) is 6.01. The normalized spacial score (nSPS) is 12.9. The molecule has 2 aromatic heterocycles. The first-order valence-corrected chi connectivity index (χ1v) is 6.39. The lowest BCUT2D eigenvalue weighted by Crippen LogP contribution is -2.28. The molecule has 4 nitrogen and oxygen atoms in total. The summed E-state index contributed by atoms with van der Waals surface area (Å²) in [7, 11) is 1.91. The van der Waals surface area contributed by atoms with Crippen molar-refractivity contribution in [1.29, 1.82) is 0 Å². The number of hydrogen-bond donors (Lipinski definition) is 1. The van der Waals surface area contributed by atoms with Crippen LogP contribution in [0.15, 0.2) is 22.8 Å². The van der Waals surface area contributed by atoms with Gasteiger partial charge >= 0.3 is 0 Å². The minimum absolute atomic E-state index is 0.322. The van der Waals surface area contributed by atoms with Crippen molar-refractivity contribution in [2.24, 2.45) is 7.05 Å². The van der Waals surface area contributed by atoms with Gasteiger partial charge in [-0.3, -0.25) is 4.68 Å². The van der Waals surface area contributed by atoms with E-state index in [9.17, 15) is 0 Å². The standard InChI is InChI=1S/C13H18ClN3O/c1-9(7-11-5-4-6-18-11)15-8-12-13(14)10(2)16-17(12)3/h4-6,9,15H,7-8H2,1-3H3. The molecule has 0 amide bonds. The van der Waals surface area contributed by atoms with Gasteiger partial charge < -0.3 is 9.73 Å². The molecule has 0 bridgehead atoms. The fraction of sp³-hybridized carbons (Fsp3) is 0.462. The predicted molar refractivity (Wildman–Crippen MR) is 71.7 cm³/mol. The van der Waals surface area contributed by atoms with E-state index in [-0.39, 0.29) is 0 Å². The quantitative estimate of drug-likeness (QED) is 0.906. The molecule has 0 radical (unpaired) electrons. The van der Waals surface area contributed by atoms with Gasteiger partial charge in [-0.05, 0) is 26.0 Å². The summed E-state index contributed by atoms with van der Waals surface area (Å²) in [6.45, 7) is 4.75. The van der Waals surface area contributed by atoms with E-state index < -0.39 is 0 Å². The maximum Gasteiger partial charge on any atom is 0.105 e. The molecule has 2 heterocycles. The molecule has 5 heteroatoms. The largest absolute Gasteiger partial charge is 0.469 e. The van der Waals surface area contributed by atoms with Crippen LogP contribution in [0.2, 0.25) is 5.02 Å². The maximum absolute atomic E-state index is 6.20. The third-order valence-corrected chi connectivity index (χ3v) is 3.46. The molecule has 0 aliphatic rings. The van der Waals surface area contributed by atoms with Gasteiger partial charge in [0.05, 0.1) is 22.7 Å². The Morgan fingerprint density at radius 1 is 1.56 bits per heavy atom. The van der Waals surface area contributed by atoms with Gasteiger partial charge in [-0.25, -0.2) is 0 Å². The average molecular weight is 268 g/mol. The molecule has 2 aromatic rings. The molecule has 1 N–H and O–H groups in total. The molecule has 18 heavy (non-hydrogen) atoms. The van der Waals surface area contributed by atoms with Crippen LogP contribution < -0.4 is 5.32 Å². The molecule has 0 saturated heterocycles. The van der Waals surface area contributed by atoms with Crippen LogP contribution in [0.25, 0.3) is 0 Å². The zero-order chi connectivity index (χ0) is 13.1. The third kappa shape index (κ3) is 2.94. The van der Waals surface area contributed by atoms with Gasteiger partial charge in [-0.1, -0.05) is 11.6 Å². The van der Waals surface area contributed by atoms with Gasteiger partial charge in [0.1, 0.15) is 5.76 Å². The van der Waals surface area contributed by atoms with Crippen molar-refractivity contribution in [2.75, 3.05) is 0 Å². The maximum atomic E-state index is 6.20. The Labute approximate surface area is 112 Å². The third-order valence-electron chi connectivity index (χ3n) is 2.97. The van der Waals surface area contributed by atoms with E-state index in [0.29, 0.717) is 12.6 Å². The van der Waals surface area contributed by atoms with Crippen LogP contribution in [0.4, 0.5) is 0 Å². The van der Waals surface area contributed by atoms with E-state index in [1.807, 2.05) is 30.8 Å². The van der Waals surface area contributed by atoms with Crippen molar-refractivity contribution in [1.82, 2.24) is 15.1 Å². The van der Waals surface area contributed by atoms with Crippen LogP contribution >= 0.6 is 11.6 Å². The molecular weight excluding hydrogens is 250 g/mol. The molecule has 0 fully saturated rings. The molecule has 1 unspecified atom stereocenters. The van der Waals surface area contributed by atoms with E-state index in [0.717, 1.165) is 28.6 Å². The fourth-order valence-electron chi connectivity index (χ4n) is 1.95. The summed E-state index contributed by atoms with van der Waals surface area (Å²) in [4.78, 5) is 0. The molecule has 0 aliphatic carbocycles. The molecule has 98 valence electrons. The molecule has 0 aromatic carbocycles. The van der Waals surface area contributed by atoms with E-state index in [1.54, 1.807) is 6.26 Å². The average Bonchev–Trinajstić information content (AvgIpc) is 2.88. The van der Waals surface area contributed by atoms with Crippen LogP contribution in [0.3, 0.4) is 0 Å². The lowest BCUT2D eigenvalue weighted by Gasteiger charge is -2.12. The Kier molecular flexibility index (Phi) is 4.09. The number of nitrogens with zero attached hydrogens (tertiary/aromatic N) is 2. The van der Waals surface area contributed by atoms with Gasteiger partial charge in [0.15, 0.2) is 0 Å². The SMILES string of the molecule is Cc1nn(C)c(CNC(C)Cc2ccco2)c1Cl. The first-order chi connectivity index (χ1) is 8.58. The number of rotatable bonds is 5. The van der Waals surface area contributed by atoms with Crippen LogP contribution in [0.5, 0.6) is 0 Å². The minimum Gasteiger partial charge on any atom is -0.469 e. The predicted octanol–water partition coefficient (Wildman–Crippen LogP) is 2.70. The summed E-state index contributed by atoms with van der Waals surface area (Å²) in [5.41, 5.74) is 1.88. The molecule has 0 spiro atoms. The van der Waals surface area contributed by atoms with E-state index in [4.69, 9.17) is 16.0 Å². The molecule has 1 atom stereocenters. The Hall–Kier alpha value is -1.26. The molecule has 0 aliphatic heterocycles. The van der Waals surface area contributed by atoms with Gasteiger partial charge in [-0.2, -0.15) is 5.10 Å². The number of halogens is 1. The van der Waals surface area contributed by atoms with Crippen molar-refractivity contribution in [3.63, 3.8) is 0 Å². The van der Waals surface area contributed by atoms with Crippen LogP contribution in [-0.2, 0) is 20.0 Å².